The standard InChI is InChI=1S/C11H16N2S/c1-2-11(14-7-1)10-8-13(6-5-12-10)9-3-4-9/h1-2,7,9-10,12H,3-6,8H2. The molecule has 3 rings (SSSR count). The largest absolute Gasteiger partial charge is 0.307 e. The summed E-state index contributed by atoms with van der Waals surface area (Å²) >= 11 is 1.87. The summed E-state index contributed by atoms with van der Waals surface area (Å²) < 4.78 is 0. The zero-order valence-corrected chi connectivity index (χ0v) is 9.09. The third-order valence-electron chi connectivity index (χ3n) is 3.16. The second kappa shape index (κ2) is 3.65. The van der Waals surface area contributed by atoms with Crippen molar-refractivity contribution in [1.82, 2.24) is 10.2 Å². The molecule has 1 N–H and O–H groups in total. The van der Waals surface area contributed by atoms with Gasteiger partial charge < -0.3 is 5.32 Å². The van der Waals surface area contributed by atoms with Gasteiger partial charge in [-0.25, -0.2) is 0 Å². The lowest BCUT2D eigenvalue weighted by Crippen LogP contribution is -2.46. The highest BCUT2D eigenvalue weighted by molar-refractivity contribution is 7.10. The van der Waals surface area contributed by atoms with Crippen molar-refractivity contribution in [2.75, 3.05) is 19.6 Å². The number of piperazine rings is 1. The third-order valence-corrected chi connectivity index (χ3v) is 4.14. The molecular formula is C11H16N2S. The van der Waals surface area contributed by atoms with E-state index >= 15 is 0 Å². The first kappa shape index (κ1) is 8.89. The van der Waals surface area contributed by atoms with Crippen molar-refractivity contribution in [3.8, 4) is 0 Å². The van der Waals surface area contributed by atoms with E-state index in [0.29, 0.717) is 6.04 Å². The molecule has 2 fully saturated rings. The van der Waals surface area contributed by atoms with Crippen LogP contribution in [0.3, 0.4) is 0 Å². The lowest BCUT2D eigenvalue weighted by molar-refractivity contribution is 0.193. The monoisotopic (exact) mass is 208 g/mol. The van der Waals surface area contributed by atoms with Gasteiger partial charge in [0.15, 0.2) is 0 Å². The Morgan fingerprint density at radius 3 is 3.07 bits per heavy atom. The molecule has 0 amide bonds. The van der Waals surface area contributed by atoms with Crippen molar-refractivity contribution in [1.29, 1.82) is 0 Å². The Kier molecular flexibility index (Phi) is 2.32. The molecule has 3 heteroatoms. The highest BCUT2D eigenvalue weighted by Crippen LogP contribution is 2.30. The second-order valence-electron chi connectivity index (χ2n) is 4.25. The number of rotatable bonds is 2. The molecule has 2 aliphatic rings. The lowest BCUT2D eigenvalue weighted by Gasteiger charge is -2.33. The van der Waals surface area contributed by atoms with Crippen LogP contribution in [0.25, 0.3) is 0 Å². The van der Waals surface area contributed by atoms with Crippen LogP contribution in [-0.2, 0) is 0 Å². The molecule has 2 nitrogen and oxygen atoms in total. The fourth-order valence-corrected chi connectivity index (χ4v) is 3.02. The Morgan fingerprint density at radius 1 is 1.43 bits per heavy atom. The molecule has 1 aromatic rings. The summed E-state index contributed by atoms with van der Waals surface area (Å²) in [4.78, 5) is 4.15. The number of thiophene rings is 1. The topological polar surface area (TPSA) is 15.3 Å². The van der Waals surface area contributed by atoms with Gasteiger partial charge in [-0.1, -0.05) is 6.07 Å². The van der Waals surface area contributed by atoms with Crippen LogP contribution in [0.1, 0.15) is 23.8 Å². The van der Waals surface area contributed by atoms with Gasteiger partial charge >= 0.3 is 0 Å². The van der Waals surface area contributed by atoms with E-state index in [2.05, 4.69) is 27.7 Å². The van der Waals surface area contributed by atoms with Crippen LogP contribution in [-0.4, -0.2) is 30.6 Å². The Morgan fingerprint density at radius 2 is 2.36 bits per heavy atom. The van der Waals surface area contributed by atoms with Crippen LogP contribution < -0.4 is 5.32 Å². The SMILES string of the molecule is c1csc(C2CN(C3CC3)CCN2)c1. The summed E-state index contributed by atoms with van der Waals surface area (Å²) in [5, 5.41) is 5.78. The Balaban J connectivity index is 1.69. The Hall–Kier alpha value is -0.380. The summed E-state index contributed by atoms with van der Waals surface area (Å²) in [7, 11) is 0. The first-order chi connectivity index (χ1) is 6.93. The fraction of sp³-hybridized carbons (Fsp3) is 0.636. The van der Waals surface area contributed by atoms with Crippen LogP contribution in [0.15, 0.2) is 17.5 Å². The maximum atomic E-state index is 3.60. The Labute approximate surface area is 88.9 Å². The van der Waals surface area contributed by atoms with Gasteiger partial charge in [-0.05, 0) is 24.3 Å². The number of hydrogen-bond donors (Lipinski definition) is 1. The van der Waals surface area contributed by atoms with Gasteiger partial charge in [-0.15, -0.1) is 11.3 Å². The average molecular weight is 208 g/mol. The van der Waals surface area contributed by atoms with Crippen LogP contribution in [0.5, 0.6) is 0 Å². The highest BCUT2D eigenvalue weighted by Gasteiger charge is 2.32. The van der Waals surface area contributed by atoms with E-state index in [0.717, 1.165) is 12.6 Å². The zero-order valence-electron chi connectivity index (χ0n) is 8.28. The van der Waals surface area contributed by atoms with Crippen molar-refractivity contribution in [3.63, 3.8) is 0 Å². The first-order valence-corrected chi connectivity index (χ1v) is 6.32. The predicted octanol–water partition coefficient (Wildman–Crippen LogP) is 1.86. The second-order valence-corrected chi connectivity index (χ2v) is 5.23. The maximum Gasteiger partial charge on any atom is 0.0544 e. The fourth-order valence-electron chi connectivity index (χ4n) is 2.22. The number of nitrogens with one attached hydrogen (secondary N) is 1. The van der Waals surface area contributed by atoms with Gasteiger partial charge in [0, 0.05) is 30.6 Å². The summed E-state index contributed by atoms with van der Waals surface area (Å²) in [6, 6.07) is 5.90. The summed E-state index contributed by atoms with van der Waals surface area (Å²) in [5.74, 6) is 0. The van der Waals surface area contributed by atoms with Gasteiger partial charge in [0.2, 0.25) is 0 Å². The van der Waals surface area contributed by atoms with Crippen LogP contribution in [0, 0.1) is 0 Å². The Bertz CT molecular complexity index is 292. The van der Waals surface area contributed by atoms with Gasteiger partial charge in [-0.2, -0.15) is 0 Å². The minimum Gasteiger partial charge on any atom is -0.307 e. The molecule has 14 heavy (non-hydrogen) atoms. The van der Waals surface area contributed by atoms with Crippen LogP contribution in [0.2, 0.25) is 0 Å². The summed E-state index contributed by atoms with van der Waals surface area (Å²) in [6.07, 6.45) is 2.86. The smallest absolute Gasteiger partial charge is 0.0544 e. The number of nitrogens with zero attached hydrogens (tertiary/aromatic N) is 1. The van der Waals surface area contributed by atoms with E-state index in [-0.39, 0.29) is 0 Å². The molecular weight excluding hydrogens is 192 g/mol. The van der Waals surface area contributed by atoms with E-state index in [1.165, 1.54) is 30.8 Å². The molecule has 0 aromatic carbocycles. The molecule has 0 spiro atoms. The molecule has 0 radical (unpaired) electrons. The molecule has 1 unspecified atom stereocenters. The highest BCUT2D eigenvalue weighted by atomic mass is 32.1. The van der Waals surface area contributed by atoms with Crippen molar-refractivity contribution in [2.24, 2.45) is 0 Å². The van der Waals surface area contributed by atoms with E-state index in [9.17, 15) is 0 Å². The lowest BCUT2D eigenvalue weighted by atomic mass is 10.2. The average Bonchev–Trinajstić information content (AvgIpc) is 2.94. The molecule has 1 saturated carbocycles. The van der Waals surface area contributed by atoms with Gasteiger partial charge in [0.05, 0.1) is 6.04 Å². The van der Waals surface area contributed by atoms with Gasteiger partial charge in [0.25, 0.3) is 0 Å². The molecule has 1 aliphatic heterocycles. The van der Waals surface area contributed by atoms with Crippen molar-refractivity contribution in [3.05, 3.63) is 22.4 Å². The normalized spacial score (nSPS) is 29.3. The maximum absolute atomic E-state index is 3.60. The van der Waals surface area contributed by atoms with E-state index < -0.39 is 0 Å². The van der Waals surface area contributed by atoms with Crippen molar-refractivity contribution >= 4 is 11.3 Å². The first-order valence-electron chi connectivity index (χ1n) is 5.44. The quantitative estimate of drug-likeness (QED) is 0.798. The molecule has 76 valence electrons. The number of hydrogen-bond acceptors (Lipinski definition) is 3. The van der Waals surface area contributed by atoms with Crippen molar-refractivity contribution in [2.45, 2.75) is 24.9 Å². The molecule has 2 heterocycles. The van der Waals surface area contributed by atoms with E-state index in [1.54, 1.807) is 0 Å². The van der Waals surface area contributed by atoms with Crippen molar-refractivity contribution < 1.29 is 0 Å². The minimum atomic E-state index is 0.587. The van der Waals surface area contributed by atoms with Crippen LogP contribution >= 0.6 is 11.3 Å². The van der Waals surface area contributed by atoms with Crippen LogP contribution in [0.4, 0.5) is 0 Å². The van der Waals surface area contributed by atoms with Gasteiger partial charge in [-0.3, -0.25) is 4.90 Å². The van der Waals surface area contributed by atoms with E-state index in [4.69, 9.17) is 0 Å². The predicted molar refractivity (Wildman–Crippen MR) is 59.7 cm³/mol. The zero-order chi connectivity index (χ0) is 9.38. The summed E-state index contributed by atoms with van der Waals surface area (Å²) in [5.41, 5.74) is 0. The molecule has 0 bridgehead atoms. The molecule has 1 saturated heterocycles. The third kappa shape index (κ3) is 1.72. The molecule has 1 aromatic heterocycles. The van der Waals surface area contributed by atoms with E-state index in [1.807, 2.05) is 11.3 Å². The molecule has 1 atom stereocenters. The van der Waals surface area contributed by atoms with Gasteiger partial charge in [0.1, 0.15) is 0 Å². The summed E-state index contributed by atoms with van der Waals surface area (Å²) in [6.45, 7) is 3.61. The minimum absolute atomic E-state index is 0.587. The molecule has 1 aliphatic carbocycles.